The highest BCUT2D eigenvalue weighted by Gasteiger charge is 2.53. The Morgan fingerprint density at radius 3 is 1.77 bits per heavy atom. The number of para-hydroxylation sites is 3. The van der Waals surface area contributed by atoms with Crippen molar-refractivity contribution in [2.75, 3.05) is 14.6 Å². The summed E-state index contributed by atoms with van der Waals surface area (Å²) < 4.78 is 0. The van der Waals surface area contributed by atoms with Gasteiger partial charge in [0.2, 0.25) is 0 Å². The molecular formula is C73H64BN3. The fraction of sp³-hybridized carbons (Fsp3) is 0.178. The Morgan fingerprint density at radius 1 is 0.455 bits per heavy atom. The molecule has 0 radical (unpaired) electrons. The summed E-state index contributed by atoms with van der Waals surface area (Å²) in [6.07, 6.45) is 5.76. The van der Waals surface area contributed by atoms with Crippen molar-refractivity contribution in [2.24, 2.45) is 0 Å². The van der Waals surface area contributed by atoms with E-state index in [1.807, 2.05) is 0 Å². The first-order valence-electron chi connectivity index (χ1n) is 28.1. The van der Waals surface area contributed by atoms with Crippen LogP contribution in [0.15, 0.2) is 237 Å². The van der Waals surface area contributed by atoms with Gasteiger partial charge in [0.05, 0.1) is 11.1 Å². The van der Waals surface area contributed by atoms with Crippen molar-refractivity contribution in [2.45, 2.75) is 83.0 Å². The Labute approximate surface area is 456 Å². The summed E-state index contributed by atoms with van der Waals surface area (Å²) in [7, 11) is 0. The van der Waals surface area contributed by atoms with Gasteiger partial charge in [-0.1, -0.05) is 211 Å². The molecule has 0 amide bonds. The highest BCUT2D eigenvalue weighted by Crippen LogP contribution is 2.60. The normalized spacial score (nSPS) is 15.6. The van der Waals surface area contributed by atoms with Crippen molar-refractivity contribution in [1.82, 2.24) is 0 Å². The minimum absolute atomic E-state index is 0.00629. The van der Waals surface area contributed by atoms with Crippen molar-refractivity contribution < 1.29 is 0 Å². The first-order valence-corrected chi connectivity index (χ1v) is 28.1. The van der Waals surface area contributed by atoms with Crippen molar-refractivity contribution in [3.05, 3.63) is 276 Å². The molecule has 1 aliphatic carbocycles. The quantitative estimate of drug-likeness (QED) is 0.126. The Hall–Kier alpha value is -8.34. The van der Waals surface area contributed by atoms with Crippen LogP contribution in [0.2, 0.25) is 0 Å². The predicted molar refractivity (Wildman–Crippen MR) is 326 cm³/mol. The molecule has 374 valence electrons. The first kappa shape index (κ1) is 47.1. The molecular weight excluding hydrogens is 930 g/mol. The Bertz CT molecular complexity index is 3830. The Morgan fingerprint density at radius 2 is 1.06 bits per heavy atom. The second-order valence-electron chi connectivity index (χ2n) is 23.3. The third kappa shape index (κ3) is 7.32. The fourth-order valence-corrected chi connectivity index (χ4v) is 14.0. The standard InChI is InChI=1S/C73H64BN3/c1-6-7-23-50-36-38-56(39-37-50)75(55-30-18-11-19-31-55)57-40-42-59-60-46-52(51-24-12-8-13-25-51)47-68-69(60)74(77(67(59)49-57)58-41-43-61-64(48-58)72(4,5)45-44-71(61,2)3)65-34-22-33-63-70(65)76(68)66-35-21-20-32-62(66)73(63,53-26-14-9-15-27-53)54-28-16-10-17-29-54/h8-22,24-43,46-49H,6-7,23,44-45H2,1-5H3. The number of unbranched alkanes of at least 4 members (excludes halogenated alkanes) is 1. The molecule has 0 bridgehead atoms. The maximum Gasteiger partial charge on any atom is 0.333 e. The van der Waals surface area contributed by atoms with Crippen molar-refractivity contribution in [3.8, 4) is 22.3 Å². The largest absolute Gasteiger partial charge is 0.376 e. The van der Waals surface area contributed by atoms with Crippen LogP contribution in [0.1, 0.15) is 99.2 Å². The van der Waals surface area contributed by atoms with Crippen LogP contribution in [0.25, 0.3) is 22.3 Å². The molecule has 3 heterocycles. The first-order chi connectivity index (χ1) is 37.7. The lowest BCUT2D eigenvalue weighted by atomic mass is 9.42. The zero-order chi connectivity index (χ0) is 52.0. The molecule has 0 fully saturated rings. The number of aryl methyl sites for hydroxylation is 1. The van der Waals surface area contributed by atoms with Crippen LogP contribution >= 0.6 is 0 Å². The van der Waals surface area contributed by atoms with Gasteiger partial charge in [-0.3, -0.25) is 0 Å². The minimum atomic E-state index is -0.618. The zero-order valence-electron chi connectivity index (χ0n) is 45.0. The van der Waals surface area contributed by atoms with Gasteiger partial charge in [0.25, 0.3) is 0 Å². The van der Waals surface area contributed by atoms with Gasteiger partial charge in [-0.2, -0.15) is 0 Å². The third-order valence-corrected chi connectivity index (χ3v) is 17.9. The summed E-state index contributed by atoms with van der Waals surface area (Å²) in [5.74, 6) is 0. The molecule has 4 aliphatic rings. The highest BCUT2D eigenvalue weighted by molar-refractivity contribution is 6.93. The number of nitrogens with zero attached hydrogens (tertiary/aromatic N) is 3. The van der Waals surface area contributed by atoms with E-state index in [9.17, 15) is 0 Å². The van der Waals surface area contributed by atoms with Crippen molar-refractivity contribution in [3.63, 3.8) is 0 Å². The number of benzene rings is 10. The molecule has 0 aromatic heterocycles. The van der Waals surface area contributed by atoms with Gasteiger partial charge < -0.3 is 14.6 Å². The van der Waals surface area contributed by atoms with Crippen molar-refractivity contribution >= 4 is 63.3 Å². The number of rotatable bonds is 10. The highest BCUT2D eigenvalue weighted by atomic mass is 15.2. The Kier molecular flexibility index (Phi) is 11.1. The SMILES string of the molecule is CCCCc1ccc(N(c2ccccc2)c2ccc3c(c2)N(c2ccc4c(c2)C(C)(C)CCC4(C)C)B2c4cccc5c4N(c4ccccc4C5(c4ccccc4)c4ccccc4)c4cc(-c5ccccc5)cc-3c42)cc1. The van der Waals surface area contributed by atoms with Gasteiger partial charge in [-0.15, -0.1) is 0 Å². The van der Waals surface area contributed by atoms with Crippen LogP contribution in [0, 0.1) is 0 Å². The topological polar surface area (TPSA) is 9.72 Å². The summed E-state index contributed by atoms with van der Waals surface area (Å²) in [5.41, 5.74) is 25.9. The monoisotopic (exact) mass is 994 g/mol. The van der Waals surface area contributed by atoms with Gasteiger partial charge >= 0.3 is 6.85 Å². The lowest BCUT2D eigenvalue weighted by Crippen LogP contribution is -2.62. The van der Waals surface area contributed by atoms with E-state index in [1.54, 1.807) is 0 Å². The molecule has 0 atom stereocenters. The maximum absolute atomic E-state index is 2.75. The van der Waals surface area contributed by atoms with Crippen LogP contribution < -0.4 is 25.5 Å². The molecule has 0 spiro atoms. The lowest BCUT2D eigenvalue weighted by molar-refractivity contribution is 0.332. The van der Waals surface area contributed by atoms with Crippen LogP contribution in [0.5, 0.6) is 0 Å². The summed E-state index contributed by atoms with van der Waals surface area (Å²) in [6, 6.07) is 90.2. The van der Waals surface area contributed by atoms with Gasteiger partial charge in [-0.25, -0.2) is 0 Å². The maximum atomic E-state index is 2.75. The van der Waals surface area contributed by atoms with Crippen molar-refractivity contribution in [1.29, 1.82) is 0 Å². The molecule has 10 aromatic carbocycles. The van der Waals surface area contributed by atoms with Gasteiger partial charge in [0.15, 0.2) is 0 Å². The molecule has 0 saturated carbocycles. The van der Waals surface area contributed by atoms with E-state index in [0.717, 1.165) is 36.3 Å². The second-order valence-corrected chi connectivity index (χ2v) is 23.3. The smallest absolute Gasteiger partial charge is 0.333 e. The second kappa shape index (κ2) is 18.2. The number of hydrogen-bond acceptors (Lipinski definition) is 3. The van der Waals surface area contributed by atoms with Gasteiger partial charge in [0.1, 0.15) is 0 Å². The summed E-state index contributed by atoms with van der Waals surface area (Å²) >= 11 is 0. The van der Waals surface area contributed by atoms with Gasteiger partial charge in [0, 0.05) is 45.4 Å². The lowest BCUT2D eigenvalue weighted by Gasteiger charge is -2.52. The van der Waals surface area contributed by atoms with Crippen LogP contribution in [-0.4, -0.2) is 6.85 Å². The van der Waals surface area contributed by atoms with E-state index in [4.69, 9.17) is 0 Å². The van der Waals surface area contributed by atoms with E-state index in [-0.39, 0.29) is 17.7 Å². The molecule has 4 heteroatoms. The number of hydrogen-bond donors (Lipinski definition) is 0. The van der Waals surface area contributed by atoms with E-state index < -0.39 is 5.41 Å². The molecule has 0 N–H and O–H groups in total. The summed E-state index contributed by atoms with van der Waals surface area (Å²) in [4.78, 5) is 7.87. The molecule has 77 heavy (non-hydrogen) atoms. The van der Waals surface area contributed by atoms with E-state index in [1.165, 1.54) is 113 Å². The summed E-state index contributed by atoms with van der Waals surface area (Å²) in [5, 5.41) is 0. The molecule has 0 unspecified atom stereocenters. The average Bonchev–Trinajstić information content (AvgIpc) is 3.65. The van der Waals surface area contributed by atoms with E-state index in [2.05, 4.69) is 286 Å². The minimum Gasteiger partial charge on any atom is -0.376 e. The van der Waals surface area contributed by atoms with Crippen LogP contribution in [0.4, 0.5) is 45.5 Å². The molecule has 0 saturated heterocycles. The Balaban J connectivity index is 1.10. The summed E-state index contributed by atoms with van der Waals surface area (Å²) in [6.45, 7) is 11.9. The predicted octanol–water partition coefficient (Wildman–Crippen LogP) is 17.9. The molecule has 3 aliphatic heterocycles. The average molecular weight is 994 g/mol. The number of fused-ring (bicyclic) bond motifs is 7. The molecule has 3 nitrogen and oxygen atoms in total. The van der Waals surface area contributed by atoms with E-state index >= 15 is 0 Å². The van der Waals surface area contributed by atoms with Gasteiger partial charge in [-0.05, 0) is 170 Å². The zero-order valence-corrected chi connectivity index (χ0v) is 45.0. The fourth-order valence-electron chi connectivity index (χ4n) is 14.0. The third-order valence-electron chi connectivity index (χ3n) is 17.9. The molecule has 14 rings (SSSR count). The van der Waals surface area contributed by atoms with Crippen LogP contribution in [0.3, 0.4) is 0 Å². The van der Waals surface area contributed by atoms with Crippen LogP contribution in [-0.2, 0) is 22.7 Å². The van der Waals surface area contributed by atoms with E-state index in [0.29, 0.717) is 0 Å². The number of anilines is 8. The molecule has 10 aromatic rings.